The predicted molar refractivity (Wildman–Crippen MR) is 112 cm³/mol. The summed E-state index contributed by atoms with van der Waals surface area (Å²) >= 11 is 0. The molecular formula is C23H25N5O. The first-order valence-electron chi connectivity index (χ1n) is 10.7. The van der Waals surface area contributed by atoms with Crippen LogP contribution >= 0.6 is 0 Å². The molecule has 29 heavy (non-hydrogen) atoms. The molecule has 2 fully saturated rings. The van der Waals surface area contributed by atoms with E-state index in [1.165, 1.54) is 11.1 Å². The lowest BCUT2D eigenvalue weighted by atomic mass is 9.81. The first-order valence-corrected chi connectivity index (χ1v) is 10.7. The minimum Gasteiger partial charge on any atom is -0.352 e. The molecule has 2 bridgehead atoms. The van der Waals surface area contributed by atoms with Crippen molar-refractivity contribution in [2.45, 2.75) is 50.1 Å². The van der Waals surface area contributed by atoms with E-state index in [4.69, 9.17) is 0 Å². The van der Waals surface area contributed by atoms with E-state index in [2.05, 4.69) is 49.0 Å². The molecule has 6 nitrogen and oxygen atoms in total. The Morgan fingerprint density at radius 2 is 1.86 bits per heavy atom. The molecule has 3 aliphatic rings. The molecule has 0 saturated carbocycles. The second-order valence-corrected chi connectivity index (χ2v) is 8.62. The highest BCUT2D eigenvalue weighted by Crippen LogP contribution is 2.39. The lowest BCUT2D eigenvalue weighted by Gasteiger charge is -2.43. The molecule has 3 aromatic rings. The van der Waals surface area contributed by atoms with E-state index >= 15 is 0 Å². The van der Waals surface area contributed by atoms with Gasteiger partial charge in [-0.3, -0.25) is 4.79 Å². The standard InChI is InChI=1S/C23H25N5O/c29-23(19-7-3-5-15-4-1-2-6-18(15)19)28-16-8-9-17(28)13-27(12-16)22-20-10-11-24-21(20)25-14-26-22/h1-2,4,6,10-11,14,16-17,19H,3,5,7-9,12-13H2,(H,24,25,26). The fourth-order valence-electron chi connectivity index (χ4n) is 5.74. The van der Waals surface area contributed by atoms with Gasteiger partial charge < -0.3 is 14.8 Å². The molecule has 0 spiro atoms. The zero-order chi connectivity index (χ0) is 19.4. The summed E-state index contributed by atoms with van der Waals surface area (Å²) in [6.45, 7) is 1.71. The number of aryl methyl sites for hydroxylation is 1. The van der Waals surface area contributed by atoms with Gasteiger partial charge in [-0.15, -0.1) is 0 Å². The van der Waals surface area contributed by atoms with Gasteiger partial charge in [0.1, 0.15) is 17.8 Å². The van der Waals surface area contributed by atoms with E-state index in [9.17, 15) is 4.79 Å². The first kappa shape index (κ1) is 17.0. The van der Waals surface area contributed by atoms with E-state index in [0.29, 0.717) is 5.91 Å². The van der Waals surface area contributed by atoms with Crippen LogP contribution in [0.5, 0.6) is 0 Å². The number of fused-ring (bicyclic) bond motifs is 4. The number of aromatic nitrogens is 3. The Bertz CT molecular complexity index is 1060. The van der Waals surface area contributed by atoms with Crippen molar-refractivity contribution in [3.8, 4) is 0 Å². The van der Waals surface area contributed by atoms with Crippen molar-refractivity contribution in [3.05, 3.63) is 54.0 Å². The second kappa shape index (κ2) is 6.58. The van der Waals surface area contributed by atoms with Crippen LogP contribution < -0.4 is 4.90 Å². The number of carbonyl (C=O) groups is 1. The van der Waals surface area contributed by atoms with Gasteiger partial charge in [-0.05, 0) is 49.3 Å². The maximum Gasteiger partial charge on any atom is 0.230 e. The Morgan fingerprint density at radius 1 is 1.03 bits per heavy atom. The summed E-state index contributed by atoms with van der Waals surface area (Å²) < 4.78 is 0. The maximum atomic E-state index is 13.7. The molecule has 1 amide bonds. The van der Waals surface area contributed by atoms with E-state index in [0.717, 1.165) is 62.0 Å². The van der Waals surface area contributed by atoms with Gasteiger partial charge in [-0.25, -0.2) is 9.97 Å². The zero-order valence-corrected chi connectivity index (χ0v) is 16.4. The van der Waals surface area contributed by atoms with Crippen molar-refractivity contribution in [1.29, 1.82) is 0 Å². The number of nitrogens with zero attached hydrogens (tertiary/aromatic N) is 4. The van der Waals surface area contributed by atoms with Gasteiger partial charge in [-0.2, -0.15) is 0 Å². The normalized spacial score (nSPS) is 26.0. The maximum absolute atomic E-state index is 13.7. The Hall–Kier alpha value is -2.89. The third-order valence-corrected chi connectivity index (χ3v) is 7.04. The minimum atomic E-state index is 0.0324. The highest BCUT2D eigenvalue weighted by Gasteiger charge is 2.45. The Kier molecular flexibility index (Phi) is 3.86. The molecule has 6 rings (SSSR count). The van der Waals surface area contributed by atoms with Crippen molar-refractivity contribution in [2.75, 3.05) is 18.0 Å². The third-order valence-electron chi connectivity index (χ3n) is 7.04. The average molecular weight is 387 g/mol. The molecule has 1 aromatic carbocycles. The Labute approximate surface area is 169 Å². The monoisotopic (exact) mass is 387 g/mol. The minimum absolute atomic E-state index is 0.0324. The predicted octanol–water partition coefficient (Wildman–Crippen LogP) is 3.26. The SMILES string of the molecule is O=C(C1CCCc2ccccc21)N1C2CCC1CN(c1ncnc3[nH]ccc13)C2. The summed E-state index contributed by atoms with van der Waals surface area (Å²) in [5, 5.41) is 1.06. The number of carbonyl (C=O) groups excluding carboxylic acids is 1. The topological polar surface area (TPSA) is 65.1 Å². The molecule has 0 radical (unpaired) electrons. The molecule has 1 aliphatic carbocycles. The van der Waals surface area contributed by atoms with E-state index in [1.54, 1.807) is 6.33 Å². The van der Waals surface area contributed by atoms with Crippen LogP contribution in [-0.2, 0) is 11.2 Å². The van der Waals surface area contributed by atoms with Crippen LogP contribution in [0.4, 0.5) is 5.82 Å². The van der Waals surface area contributed by atoms with Crippen molar-refractivity contribution in [3.63, 3.8) is 0 Å². The van der Waals surface area contributed by atoms with E-state index in [1.807, 2.05) is 12.3 Å². The summed E-state index contributed by atoms with van der Waals surface area (Å²) in [5.41, 5.74) is 3.49. The fourth-order valence-corrected chi connectivity index (χ4v) is 5.74. The van der Waals surface area contributed by atoms with Crippen LogP contribution in [0.25, 0.3) is 11.0 Å². The quantitative estimate of drug-likeness (QED) is 0.733. The van der Waals surface area contributed by atoms with E-state index in [-0.39, 0.29) is 18.0 Å². The van der Waals surface area contributed by atoms with Crippen molar-refractivity contribution in [1.82, 2.24) is 19.9 Å². The number of hydrogen-bond acceptors (Lipinski definition) is 4. The number of hydrogen-bond donors (Lipinski definition) is 1. The summed E-state index contributed by atoms with van der Waals surface area (Å²) in [5.74, 6) is 1.37. The van der Waals surface area contributed by atoms with E-state index < -0.39 is 0 Å². The van der Waals surface area contributed by atoms with Gasteiger partial charge >= 0.3 is 0 Å². The number of nitrogens with one attached hydrogen (secondary N) is 1. The smallest absolute Gasteiger partial charge is 0.230 e. The van der Waals surface area contributed by atoms with Crippen LogP contribution in [0.15, 0.2) is 42.9 Å². The number of benzene rings is 1. The highest BCUT2D eigenvalue weighted by molar-refractivity contribution is 5.88. The van der Waals surface area contributed by atoms with Crippen LogP contribution in [0.1, 0.15) is 42.7 Å². The van der Waals surface area contributed by atoms with Gasteiger partial charge in [0.25, 0.3) is 0 Å². The van der Waals surface area contributed by atoms with Crippen LogP contribution in [0.2, 0.25) is 0 Å². The van der Waals surface area contributed by atoms with Gasteiger partial charge in [-0.1, -0.05) is 24.3 Å². The highest BCUT2D eigenvalue weighted by atomic mass is 16.2. The molecule has 3 unspecified atom stereocenters. The fraction of sp³-hybridized carbons (Fsp3) is 0.435. The largest absolute Gasteiger partial charge is 0.352 e. The molecule has 2 aromatic heterocycles. The molecule has 3 atom stereocenters. The molecule has 4 heterocycles. The van der Waals surface area contributed by atoms with Crippen LogP contribution in [0.3, 0.4) is 0 Å². The Morgan fingerprint density at radius 3 is 2.72 bits per heavy atom. The number of aromatic amines is 1. The molecular weight excluding hydrogens is 362 g/mol. The van der Waals surface area contributed by atoms with Crippen LogP contribution in [0, 0.1) is 0 Å². The summed E-state index contributed by atoms with van der Waals surface area (Å²) in [7, 11) is 0. The Balaban J connectivity index is 1.28. The summed E-state index contributed by atoms with van der Waals surface area (Å²) in [6, 6.07) is 11.1. The number of rotatable bonds is 2. The molecule has 2 saturated heterocycles. The zero-order valence-electron chi connectivity index (χ0n) is 16.4. The second-order valence-electron chi connectivity index (χ2n) is 8.62. The van der Waals surface area contributed by atoms with Crippen molar-refractivity contribution >= 4 is 22.8 Å². The van der Waals surface area contributed by atoms with Gasteiger partial charge in [0.15, 0.2) is 0 Å². The molecule has 2 aliphatic heterocycles. The molecule has 148 valence electrons. The van der Waals surface area contributed by atoms with Gasteiger partial charge in [0.05, 0.1) is 11.3 Å². The summed E-state index contributed by atoms with van der Waals surface area (Å²) in [6.07, 6.45) is 8.90. The van der Waals surface area contributed by atoms with Crippen molar-refractivity contribution < 1.29 is 4.79 Å². The molecule has 6 heteroatoms. The number of anilines is 1. The van der Waals surface area contributed by atoms with Gasteiger partial charge in [0.2, 0.25) is 5.91 Å². The number of H-pyrrole nitrogens is 1. The van der Waals surface area contributed by atoms with Gasteiger partial charge in [0, 0.05) is 31.4 Å². The van der Waals surface area contributed by atoms with Crippen LogP contribution in [-0.4, -0.2) is 50.9 Å². The first-order chi connectivity index (χ1) is 14.3. The lowest BCUT2D eigenvalue weighted by Crippen LogP contribution is -2.57. The van der Waals surface area contributed by atoms with Crippen molar-refractivity contribution in [2.24, 2.45) is 0 Å². The molecule has 1 N–H and O–H groups in total. The number of piperazine rings is 1. The summed E-state index contributed by atoms with van der Waals surface area (Å²) in [4.78, 5) is 30.3. The average Bonchev–Trinajstić information content (AvgIpc) is 3.34. The third kappa shape index (κ3) is 2.65. The number of amides is 1. The lowest BCUT2D eigenvalue weighted by molar-refractivity contribution is -0.136.